The molecule has 104 valence electrons. The van der Waals surface area contributed by atoms with E-state index in [1.807, 2.05) is 0 Å². The van der Waals surface area contributed by atoms with Crippen LogP contribution in [0.5, 0.6) is 0 Å². The molecule has 4 heteroatoms. The number of carbonyl (C=O) groups is 3. The molecule has 1 aliphatic heterocycles. The monoisotopic (exact) mass is 264 g/mol. The van der Waals surface area contributed by atoms with Crippen LogP contribution in [-0.4, -0.2) is 23.6 Å². The fourth-order valence-corrected chi connectivity index (χ4v) is 4.48. The van der Waals surface area contributed by atoms with E-state index < -0.39 is 17.3 Å². The van der Waals surface area contributed by atoms with Gasteiger partial charge < -0.3 is 4.74 Å². The fourth-order valence-electron chi connectivity index (χ4n) is 4.48. The van der Waals surface area contributed by atoms with Crippen LogP contribution in [0, 0.1) is 29.1 Å². The van der Waals surface area contributed by atoms with E-state index in [9.17, 15) is 14.4 Å². The summed E-state index contributed by atoms with van der Waals surface area (Å²) >= 11 is 0. The Morgan fingerprint density at radius 3 is 2.58 bits per heavy atom. The number of esters is 1. The number of hydrogen-bond acceptors (Lipinski definition) is 4. The van der Waals surface area contributed by atoms with Gasteiger partial charge in [0.15, 0.2) is 5.78 Å². The van der Waals surface area contributed by atoms with E-state index in [4.69, 9.17) is 4.74 Å². The Labute approximate surface area is 112 Å². The van der Waals surface area contributed by atoms with Crippen LogP contribution in [0.2, 0.25) is 0 Å². The van der Waals surface area contributed by atoms with Crippen LogP contribution in [0.4, 0.5) is 0 Å². The molecule has 0 amide bonds. The molecule has 1 saturated heterocycles. The lowest BCUT2D eigenvalue weighted by Gasteiger charge is -2.31. The standard InChI is InChI=1S/C15H20O4/c1-7-6-10-12(8(2)14(18)19-10)13(17)15(3)9(7)4-5-11(15)16/h7-10,12H,4-6H2,1-3H3/t7-,8-,9+,10+,12-,15+/m1/s1. The van der Waals surface area contributed by atoms with Crippen molar-refractivity contribution in [2.24, 2.45) is 29.1 Å². The highest BCUT2D eigenvalue weighted by molar-refractivity contribution is 6.10. The molecule has 0 bridgehead atoms. The zero-order chi connectivity index (χ0) is 13.9. The maximum absolute atomic E-state index is 12.9. The minimum atomic E-state index is -0.888. The van der Waals surface area contributed by atoms with E-state index in [1.165, 1.54) is 0 Å². The van der Waals surface area contributed by atoms with Crippen LogP contribution in [0.3, 0.4) is 0 Å². The molecule has 6 atom stereocenters. The highest BCUT2D eigenvalue weighted by atomic mass is 16.6. The summed E-state index contributed by atoms with van der Waals surface area (Å²) in [4.78, 5) is 36.9. The number of Topliss-reactive ketones (excluding diaryl/α,β-unsaturated/α-hetero) is 2. The Balaban J connectivity index is 2.07. The number of rotatable bonds is 0. The Morgan fingerprint density at radius 1 is 1.21 bits per heavy atom. The average Bonchev–Trinajstić information content (AvgIpc) is 2.77. The average molecular weight is 264 g/mol. The molecule has 0 radical (unpaired) electrons. The normalized spacial score (nSPS) is 49.6. The number of hydrogen-bond donors (Lipinski definition) is 0. The second-order valence-corrected chi connectivity index (χ2v) is 6.64. The Kier molecular flexibility index (Phi) is 2.63. The first kappa shape index (κ1) is 12.8. The molecule has 2 saturated carbocycles. The quantitative estimate of drug-likeness (QED) is 0.494. The molecule has 3 aliphatic rings. The van der Waals surface area contributed by atoms with Gasteiger partial charge in [-0.2, -0.15) is 0 Å². The molecule has 0 unspecified atom stereocenters. The van der Waals surface area contributed by atoms with Crippen LogP contribution in [0.1, 0.15) is 40.0 Å². The van der Waals surface area contributed by atoms with E-state index in [2.05, 4.69) is 6.92 Å². The molecule has 0 aromatic rings. The predicted octanol–water partition coefficient (Wildman–Crippen LogP) is 1.76. The lowest BCUT2D eigenvalue weighted by molar-refractivity contribution is -0.145. The van der Waals surface area contributed by atoms with Gasteiger partial charge in [-0.05, 0) is 31.6 Å². The van der Waals surface area contributed by atoms with Crippen molar-refractivity contribution in [3.63, 3.8) is 0 Å². The Hall–Kier alpha value is -1.19. The first-order valence-corrected chi connectivity index (χ1v) is 7.15. The lowest BCUT2D eigenvalue weighted by atomic mass is 9.68. The van der Waals surface area contributed by atoms with E-state index in [0.717, 1.165) is 6.42 Å². The molecule has 0 N–H and O–H groups in total. The second kappa shape index (κ2) is 3.90. The number of ether oxygens (including phenoxy) is 1. The maximum Gasteiger partial charge on any atom is 0.309 e. The zero-order valence-electron chi connectivity index (χ0n) is 11.6. The zero-order valence-corrected chi connectivity index (χ0v) is 11.6. The summed E-state index contributed by atoms with van der Waals surface area (Å²) in [5.74, 6) is -0.754. The van der Waals surface area contributed by atoms with Crippen LogP contribution in [-0.2, 0) is 19.1 Å². The molecule has 3 rings (SSSR count). The summed E-state index contributed by atoms with van der Waals surface area (Å²) in [6.07, 6.45) is 1.68. The molecule has 0 spiro atoms. The first-order chi connectivity index (χ1) is 8.87. The number of carbonyl (C=O) groups excluding carboxylic acids is 3. The van der Waals surface area contributed by atoms with E-state index in [1.54, 1.807) is 13.8 Å². The van der Waals surface area contributed by atoms with Gasteiger partial charge in [0.1, 0.15) is 11.9 Å². The van der Waals surface area contributed by atoms with Crippen molar-refractivity contribution in [3.05, 3.63) is 0 Å². The summed E-state index contributed by atoms with van der Waals surface area (Å²) in [5.41, 5.74) is -0.888. The molecule has 1 heterocycles. The highest BCUT2D eigenvalue weighted by Crippen LogP contribution is 2.53. The molecule has 3 fully saturated rings. The molecule has 2 aliphatic carbocycles. The summed E-state index contributed by atoms with van der Waals surface area (Å²) in [7, 11) is 0. The summed E-state index contributed by atoms with van der Waals surface area (Å²) in [6.45, 7) is 5.62. The minimum absolute atomic E-state index is 0.0484. The van der Waals surface area contributed by atoms with Gasteiger partial charge >= 0.3 is 5.97 Å². The van der Waals surface area contributed by atoms with Crippen LogP contribution >= 0.6 is 0 Å². The lowest BCUT2D eigenvalue weighted by Crippen LogP contribution is -2.43. The second-order valence-electron chi connectivity index (χ2n) is 6.64. The van der Waals surface area contributed by atoms with Crippen LogP contribution in [0.25, 0.3) is 0 Å². The molecular formula is C15H20O4. The van der Waals surface area contributed by atoms with Crippen molar-refractivity contribution in [3.8, 4) is 0 Å². The molecule has 0 aromatic heterocycles. The Bertz CT molecular complexity index is 469. The van der Waals surface area contributed by atoms with Gasteiger partial charge in [0.25, 0.3) is 0 Å². The predicted molar refractivity (Wildman–Crippen MR) is 67.2 cm³/mol. The van der Waals surface area contributed by atoms with Crippen LogP contribution in [0.15, 0.2) is 0 Å². The van der Waals surface area contributed by atoms with Gasteiger partial charge in [-0.15, -0.1) is 0 Å². The molecular weight excluding hydrogens is 244 g/mol. The smallest absolute Gasteiger partial charge is 0.309 e. The number of ketones is 2. The molecule has 19 heavy (non-hydrogen) atoms. The van der Waals surface area contributed by atoms with E-state index in [0.29, 0.717) is 12.8 Å². The van der Waals surface area contributed by atoms with Crippen molar-refractivity contribution >= 4 is 17.5 Å². The first-order valence-electron chi connectivity index (χ1n) is 7.15. The topological polar surface area (TPSA) is 60.4 Å². The van der Waals surface area contributed by atoms with E-state index >= 15 is 0 Å². The van der Waals surface area contributed by atoms with Crippen molar-refractivity contribution in [1.82, 2.24) is 0 Å². The third kappa shape index (κ3) is 1.49. The summed E-state index contributed by atoms with van der Waals surface area (Å²) < 4.78 is 5.37. The molecule has 0 aromatic carbocycles. The summed E-state index contributed by atoms with van der Waals surface area (Å²) in [5, 5.41) is 0. The van der Waals surface area contributed by atoms with Crippen molar-refractivity contribution in [1.29, 1.82) is 0 Å². The van der Waals surface area contributed by atoms with Crippen molar-refractivity contribution in [2.45, 2.75) is 46.1 Å². The summed E-state index contributed by atoms with van der Waals surface area (Å²) in [6, 6.07) is 0. The third-order valence-electron chi connectivity index (χ3n) is 5.69. The maximum atomic E-state index is 12.9. The SMILES string of the molecule is C[C@@H]1C[C@@H]2OC(=O)[C@H](C)[C@H]2C(=O)[C@]2(C)C(=O)CC[C@@H]12. The molecule has 4 nitrogen and oxygen atoms in total. The minimum Gasteiger partial charge on any atom is -0.461 e. The third-order valence-corrected chi connectivity index (χ3v) is 5.69. The van der Waals surface area contributed by atoms with Gasteiger partial charge in [0, 0.05) is 6.42 Å². The van der Waals surface area contributed by atoms with Gasteiger partial charge in [0.05, 0.1) is 17.3 Å². The Morgan fingerprint density at radius 2 is 1.89 bits per heavy atom. The van der Waals surface area contributed by atoms with Gasteiger partial charge in [-0.25, -0.2) is 0 Å². The van der Waals surface area contributed by atoms with Gasteiger partial charge in [-0.3, -0.25) is 14.4 Å². The van der Waals surface area contributed by atoms with Gasteiger partial charge in [0.2, 0.25) is 0 Å². The van der Waals surface area contributed by atoms with Gasteiger partial charge in [-0.1, -0.05) is 13.8 Å². The van der Waals surface area contributed by atoms with E-state index in [-0.39, 0.29) is 35.5 Å². The largest absolute Gasteiger partial charge is 0.461 e. The highest BCUT2D eigenvalue weighted by Gasteiger charge is 2.61. The van der Waals surface area contributed by atoms with Crippen LogP contribution < -0.4 is 0 Å². The number of fused-ring (bicyclic) bond motifs is 2. The van der Waals surface area contributed by atoms with Crippen molar-refractivity contribution in [2.75, 3.05) is 0 Å². The van der Waals surface area contributed by atoms with Crippen molar-refractivity contribution < 1.29 is 19.1 Å². The fraction of sp³-hybridized carbons (Fsp3) is 0.800.